The van der Waals surface area contributed by atoms with Crippen molar-refractivity contribution in [1.29, 1.82) is 0 Å². The largest absolute Gasteiger partial charge is 0.493 e. The van der Waals surface area contributed by atoms with Crippen LogP contribution in [0.3, 0.4) is 0 Å². The summed E-state index contributed by atoms with van der Waals surface area (Å²) in [6.45, 7) is 4.31. The predicted molar refractivity (Wildman–Crippen MR) is 103 cm³/mol. The second-order valence-electron chi connectivity index (χ2n) is 7.08. The Bertz CT molecular complexity index is 672. The van der Waals surface area contributed by atoms with Crippen LogP contribution < -0.4 is 9.47 Å². The molecule has 1 saturated heterocycles. The SMILES string of the molecule is COc1ccc(CCN(C)C2CCCN(Cc3ccoc3)C2)cc1OC. The van der Waals surface area contributed by atoms with Crippen molar-refractivity contribution < 1.29 is 13.9 Å². The number of piperidine rings is 1. The van der Waals surface area contributed by atoms with Gasteiger partial charge in [-0.05, 0) is 56.6 Å². The van der Waals surface area contributed by atoms with Crippen molar-refractivity contribution >= 4 is 0 Å². The first-order chi connectivity index (χ1) is 12.7. The summed E-state index contributed by atoms with van der Waals surface area (Å²) in [6, 6.07) is 8.86. The van der Waals surface area contributed by atoms with Gasteiger partial charge in [0.15, 0.2) is 11.5 Å². The molecule has 5 nitrogen and oxygen atoms in total. The van der Waals surface area contributed by atoms with Crippen LogP contribution in [0, 0.1) is 0 Å². The zero-order chi connectivity index (χ0) is 18.4. The molecule has 0 aliphatic carbocycles. The zero-order valence-electron chi connectivity index (χ0n) is 16.1. The van der Waals surface area contributed by atoms with E-state index in [9.17, 15) is 0 Å². The van der Waals surface area contributed by atoms with Crippen LogP contribution in [0.2, 0.25) is 0 Å². The van der Waals surface area contributed by atoms with Crippen LogP contribution in [0.1, 0.15) is 24.0 Å². The van der Waals surface area contributed by atoms with E-state index in [4.69, 9.17) is 13.9 Å². The van der Waals surface area contributed by atoms with E-state index < -0.39 is 0 Å². The topological polar surface area (TPSA) is 38.1 Å². The van der Waals surface area contributed by atoms with E-state index in [0.29, 0.717) is 6.04 Å². The van der Waals surface area contributed by atoms with Crippen LogP contribution in [-0.4, -0.2) is 56.7 Å². The van der Waals surface area contributed by atoms with Gasteiger partial charge in [0.1, 0.15) is 0 Å². The number of nitrogens with zero attached hydrogens (tertiary/aromatic N) is 2. The predicted octanol–water partition coefficient (Wildman–Crippen LogP) is 3.44. The Morgan fingerprint density at radius 1 is 1.15 bits per heavy atom. The summed E-state index contributed by atoms with van der Waals surface area (Å²) in [4.78, 5) is 5.03. The lowest BCUT2D eigenvalue weighted by atomic mass is 10.0. The molecule has 0 radical (unpaired) electrons. The number of methoxy groups -OCH3 is 2. The van der Waals surface area contributed by atoms with Gasteiger partial charge in [-0.1, -0.05) is 6.07 Å². The van der Waals surface area contributed by atoms with Gasteiger partial charge >= 0.3 is 0 Å². The van der Waals surface area contributed by atoms with Crippen LogP contribution in [0.15, 0.2) is 41.2 Å². The Kier molecular flexibility index (Phi) is 6.58. The van der Waals surface area contributed by atoms with Crippen molar-refractivity contribution in [3.05, 3.63) is 47.9 Å². The minimum atomic E-state index is 0.607. The number of hydrogen-bond donors (Lipinski definition) is 0. The molecule has 142 valence electrons. The van der Waals surface area contributed by atoms with Gasteiger partial charge in [0.25, 0.3) is 0 Å². The fourth-order valence-corrected chi connectivity index (χ4v) is 3.70. The maximum Gasteiger partial charge on any atom is 0.160 e. The highest BCUT2D eigenvalue weighted by atomic mass is 16.5. The third-order valence-electron chi connectivity index (χ3n) is 5.29. The molecular weight excluding hydrogens is 328 g/mol. The summed E-state index contributed by atoms with van der Waals surface area (Å²) in [5.74, 6) is 1.59. The number of rotatable bonds is 8. The molecule has 1 aromatic heterocycles. The Hall–Kier alpha value is -1.98. The third kappa shape index (κ3) is 4.80. The molecule has 3 rings (SSSR count). The van der Waals surface area contributed by atoms with Crippen molar-refractivity contribution in [3.8, 4) is 11.5 Å². The number of likely N-dealkylation sites (N-methyl/N-ethyl adjacent to an activating group) is 1. The number of furan rings is 1. The summed E-state index contributed by atoms with van der Waals surface area (Å²) >= 11 is 0. The lowest BCUT2D eigenvalue weighted by Gasteiger charge is -2.37. The Labute approximate surface area is 156 Å². The van der Waals surface area contributed by atoms with E-state index in [0.717, 1.165) is 37.6 Å². The van der Waals surface area contributed by atoms with Crippen molar-refractivity contribution in [2.24, 2.45) is 0 Å². The standard InChI is InChI=1S/C21H30N2O3/c1-22(11-8-17-6-7-20(24-2)21(13-17)25-3)19-5-4-10-23(15-19)14-18-9-12-26-16-18/h6-7,9,12-13,16,19H,4-5,8,10-11,14-15H2,1-3H3. The molecule has 0 saturated carbocycles. The van der Waals surface area contributed by atoms with Gasteiger partial charge in [-0.2, -0.15) is 0 Å². The minimum absolute atomic E-state index is 0.607. The Morgan fingerprint density at radius 2 is 2.00 bits per heavy atom. The maximum absolute atomic E-state index is 5.41. The molecule has 1 fully saturated rings. The normalized spacial score (nSPS) is 18.2. The number of benzene rings is 1. The molecule has 5 heteroatoms. The van der Waals surface area contributed by atoms with Crippen LogP contribution >= 0.6 is 0 Å². The first kappa shape index (κ1) is 18.8. The molecule has 0 spiro atoms. The number of hydrogen-bond acceptors (Lipinski definition) is 5. The van der Waals surface area contributed by atoms with Gasteiger partial charge in [-0.3, -0.25) is 4.90 Å². The second kappa shape index (κ2) is 9.10. The Morgan fingerprint density at radius 3 is 2.73 bits per heavy atom. The van der Waals surface area contributed by atoms with Crippen molar-refractivity contribution in [3.63, 3.8) is 0 Å². The summed E-state index contributed by atoms with van der Waals surface area (Å²) in [6.07, 6.45) is 7.14. The summed E-state index contributed by atoms with van der Waals surface area (Å²) in [5.41, 5.74) is 2.54. The third-order valence-corrected chi connectivity index (χ3v) is 5.29. The summed E-state index contributed by atoms with van der Waals surface area (Å²) < 4.78 is 15.9. The van der Waals surface area contributed by atoms with E-state index in [1.54, 1.807) is 20.5 Å². The minimum Gasteiger partial charge on any atom is -0.493 e. The maximum atomic E-state index is 5.41. The average Bonchev–Trinajstić information content (AvgIpc) is 3.19. The lowest BCUT2D eigenvalue weighted by molar-refractivity contribution is 0.112. The Balaban J connectivity index is 1.52. The molecular formula is C21H30N2O3. The second-order valence-corrected chi connectivity index (χ2v) is 7.08. The summed E-state index contributed by atoms with van der Waals surface area (Å²) in [7, 11) is 5.60. The molecule has 0 amide bonds. The van der Waals surface area contributed by atoms with Gasteiger partial charge in [0.05, 0.1) is 26.7 Å². The smallest absolute Gasteiger partial charge is 0.160 e. The van der Waals surface area contributed by atoms with Crippen LogP contribution in [0.4, 0.5) is 0 Å². The van der Waals surface area contributed by atoms with E-state index >= 15 is 0 Å². The monoisotopic (exact) mass is 358 g/mol. The molecule has 0 bridgehead atoms. The van der Waals surface area contributed by atoms with Crippen molar-refractivity contribution in [1.82, 2.24) is 9.80 Å². The quantitative estimate of drug-likeness (QED) is 0.723. The summed E-state index contributed by atoms with van der Waals surface area (Å²) in [5, 5.41) is 0. The van der Waals surface area contributed by atoms with E-state index in [1.165, 1.54) is 30.5 Å². The molecule has 1 aliphatic heterocycles. The molecule has 1 aromatic carbocycles. The fraction of sp³-hybridized carbons (Fsp3) is 0.524. The van der Waals surface area contributed by atoms with Gasteiger partial charge in [0.2, 0.25) is 0 Å². The zero-order valence-corrected chi connectivity index (χ0v) is 16.1. The molecule has 2 aromatic rings. The van der Waals surface area contributed by atoms with Crippen LogP contribution in [0.5, 0.6) is 11.5 Å². The van der Waals surface area contributed by atoms with Crippen LogP contribution in [0.25, 0.3) is 0 Å². The van der Waals surface area contributed by atoms with Gasteiger partial charge in [-0.15, -0.1) is 0 Å². The van der Waals surface area contributed by atoms with Gasteiger partial charge in [-0.25, -0.2) is 0 Å². The highest BCUT2D eigenvalue weighted by molar-refractivity contribution is 5.42. The van der Waals surface area contributed by atoms with E-state index in [-0.39, 0.29) is 0 Å². The first-order valence-corrected chi connectivity index (χ1v) is 9.34. The molecule has 0 N–H and O–H groups in total. The van der Waals surface area contributed by atoms with Gasteiger partial charge < -0.3 is 18.8 Å². The van der Waals surface area contributed by atoms with Gasteiger partial charge in [0, 0.05) is 31.2 Å². The fourth-order valence-electron chi connectivity index (χ4n) is 3.70. The molecule has 2 heterocycles. The highest BCUT2D eigenvalue weighted by Crippen LogP contribution is 2.28. The number of likely N-dealkylation sites (tertiary alicyclic amines) is 1. The van der Waals surface area contributed by atoms with E-state index in [2.05, 4.69) is 35.0 Å². The molecule has 1 atom stereocenters. The highest BCUT2D eigenvalue weighted by Gasteiger charge is 2.23. The van der Waals surface area contributed by atoms with Crippen molar-refractivity contribution in [2.75, 3.05) is 40.9 Å². The van der Waals surface area contributed by atoms with Crippen LogP contribution in [-0.2, 0) is 13.0 Å². The first-order valence-electron chi connectivity index (χ1n) is 9.34. The molecule has 26 heavy (non-hydrogen) atoms. The number of ether oxygens (including phenoxy) is 2. The lowest BCUT2D eigenvalue weighted by Crippen LogP contribution is -2.46. The van der Waals surface area contributed by atoms with E-state index in [1.807, 2.05) is 12.3 Å². The molecule has 1 unspecified atom stereocenters. The average molecular weight is 358 g/mol. The van der Waals surface area contributed by atoms with Crippen molar-refractivity contribution in [2.45, 2.75) is 31.8 Å². The molecule has 1 aliphatic rings.